The molecule has 0 spiro atoms. The molecule has 3 rings (SSSR count). The van der Waals surface area contributed by atoms with E-state index in [1.807, 2.05) is 0 Å². The largest absolute Gasteiger partial charge is 0.292 e. The number of aromatic nitrogens is 2. The van der Waals surface area contributed by atoms with E-state index in [2.05, 4.69) is 20.9 Å². The van der Waals surface area contributed by atoms with Gasteiger partial charge in [-0.1, -0.05) is 27.5 Å². The third kappa shape index (κ3) is 2.79. The lowest BCUT2D eigenvalue weighted by Gasteiger charge is -2.12. The molecule has 1 aliphatic rings. The molecule has 6 heteroatoms. The molecule has 0 atom stereocenters. The molecule has 0 aliphatic heterocycles. The van der Waals surface area contributed by atoms with Gasteiger partial charge in [-0.2, -0.15) is 0 Å². The summed E-state index contributed by atoms with van der Waals surface area (Å²) in [5.41, 5.74) is 0.207. The Hall–Kier alpha value is -1.20. The van der Waals surface area contributed by atoms with Gasteiger partial charge in [0.15, 0.2) is 0 Å². The smallest absolute Gasteiger partial charge is 0.255 e. The van der Waals surface area contributed by atoms with Gasteiger partial charge in [-0.05, 0) is 31.0 Å². The Labute approximate surface area is 128 Å². The molecule has 3 nitrogen and oxygen atoms in total. The summed E-state index contributed by atoms with van der Waals surface area (Å²) in [5, 5.41) is 0.197. The molecule has 1 aromatic carbocycles. The average Bonchev–Trinajstić information content (AvgIpc) is 3.20. The van der Waals surface area contributed by atoms with E-state index in [0.717, 1.165) is 17.3 Å². The molecule has 0 radical (unpaired) electrons. The van der Waals surface area contributed by atoms with Gasteiger partial charge in [0, 0.05) is 22.0 Å². The molecule has 1 heterocycles. The standard InChI is InChI=1S/C14H11BrClFN2O/c15-10-3-4-11(17)9(5-10)7-19-13(20)6-12(16)18-14(19)8-1-2-8/h3-6,8H,1-2,7H2. The molecule has 1 fully saturated rings. The van der Waals surface area contributed by atoms with Crippen molar-refractivity contribution in [2.75, 3.05) is 0 Å². The van der Waals surface area contributed by atoms with Crippen LogP contribution in [0.15, 0.2) is 33.5 Å². The third-order valence-electron chi connectivity index (χ3n) is 3.29. The first-order valence-electron chi connectivity index (χ1n) is 6.26. The van der Waals surface area contributed by atoms with E-state index in [9.17, 15) is 9.18 Å². The molecule has 104 valence electrons. The summed E-state index contributed by atoms with van der Waals surface area (Å²) in [6.07, 6.45) is 1.99. The van der Waals surface area contributed by atoms with Crippen molar-refractivity contribution in [3.63, 3.8) is 0 Å². The van der Waals surface area contributed by atoms with E-state index in [4.69, 9.17) is 11.6 Å². The number of halogens is 3. The minimum absolute atomic E-state index is 0.167. The molecule has 0 saturated heterocycles. The van der Waals surface area contributed by atoms with Crippen molar-refractivity contribution in [2.45, 2.75) is 25.3 Å². The van der Waals surface area contributed by atoms with Gasteiger partial charge in [0.1, 0.15) is 16.8 Å². The maximum absolute atomic E-state index is 13.8. The Bertz CT molecular complexity index is 728. The lowest BCUT2D eigenvalue weighted by molar-refractivity contribution is 0.584. The van der Waals surface area contributed by atoms with Crippen molar-refractivity contribution in [1.29, 1.82) is 0 Å². The van der Waals surface area contributed by atoms with Crippen LogP contribution in [0.5, 0.6) is 0 Å². The van der Waals surface area contributed by atoms with Crippen LogP contribution in [0, 0.1) is 5.82 Å². The van der Waals surface area contributed by atoms with E-state index in [-0.39, 0.29) is 29.0 Å². The molecule has 1 aromatic heterocycles. The van der Waals surface area contributed by atoms with Gasteiger partial charge in [-0.3, -0.25) is 9.36 Å². The van der Waals surface area contributed by atoms with Gasteiger partial charge in [0.25, 0.3) is 5.56 Å². The normalized spacial score (nSPS) is 14.6. The van der Waals surface area contributed by atoms with Crippen molar-refractivity contribution in [2.24, 2.45) is 0 Å². The van der Waals surface area contributed by atoms with E-state index >= 15 is 0 Å². The topological polar surface area (TPSA) is 34.9 Å². The molecule has 0 amide bonds. The van der Waals surface area contributed by atoms with Gasteiger partial charge in [-0.15, -0.1) is 0 Å². The Kier molecular flexibility index (Phi) is 3.65. The number of rotatable bonds is 3. The SMILES string of the molecule is O=c1cc(Cl)nc(C2CC2)n1Cc1cc(Br)ccc1F. The zero-order valence-corrected chi connectivity index (χ0v) is 12.8. The monoisotopic (exact) mass is 356 g/mol. The molecular weight excluding hydrogens is 347 g/mol. The van der Waals surface area contributed by atoms with E-state index in [0.29, 0.717) is 11.4 Å². The van der Waals surface area contributed by atoms with E-state index in [1.165, 1.54) is 16.7 Å². The lowest BCUT2D eigenvalue weighted by Crippen LogP contribution is -2.25. The summed E-state index contributed by atoms with van der Waals surface area (Å²) in [4.78, 5) is 16.3. The maximum Gasteiger partial charge on any atom is 0.255 e. The predicted octanol–water partition coefficient (Wildman–Crippen LogP) is 3.72. The van der Waals surface area contributed by atoms with Crippen molar-refractivity contribution in [3.8, 4) is 0 Å². The van der Waals surface area contributed by atoms with Crippen LogP contribution >= 0.6 is 27.5 Å². The highest BCUT2D eigenvalue weighted by atomic mass is 79.9. The molecule has 0 unspecified atom stereocenters. The summed E-state index contributed by atoms with van der Waals surface area (Å²) in [7, 11) is 0. The van der Waals surface area contributed by atoms with Gasteiger partial charge >= 0.3 is 0 Å². The first kappa shape index (κ1) is 13.8. The van der Waals surface area contributed by atoms with Crippen LogP contribution in [0.1, 0.15) is 30.1 Å². The third-order valence-corrected chi connectivity index (χ3v) is 3.97. The Morgan fingerprint density at radius 1 is 1.40 bits per heavy atom. The molecule has 1 aliphatic carbocycles. The molecular formula is C14H11BrClFN2O. The van der Waals surface area contributed by atoms with Crippen LogP contribution < -0.4 is 5.56 Å². The van der Waals surface area contributed by atoms with E-state index < -0.39 is 0 Å². The fourth-order valence-corrected chi connectivity index (χ4v) is 2.73. The van der Waals surface area contributed by atoms with Crippen LogP contribution in [-0.2, 0) is 6.54 Å². The van der Waals surface area contributed by atoms with Crippen molar-refractivity contribution >= 4 is 27.5 Å². The molecule has 0 N–H and O–H groups in total. The Morgan fingerprint density at radius 3 is 2.85 bits per heavy atom. The lowest BCUT2D eigenvalue weighted by atomic mass is 10.2. The quantitative estimate of drug-likeness (QED) is 0.785. The summed E-state index contributed by atoms with van der Waals surface area (Å²) in [6, 6.07) is 5.95. The van der Waals surface area contributed by atoms with E-state index in [1.54, 1.807) is 12.1 Å². The van der Waals surface area contributed by atoms with Crippen molar-refractivity contribution in [1.82, 2.24) is 9.55 Å². The van der Waals surface area contributed by atoms with Crippen LogP contribution in [-0.4, -0.2) is 9.55 Å². The average molecular weight is 358 g/mol. The highest BCUT2D eigenvalue weighted by Gasteiger charge is 2.29. The molecule has 1 saturated carbocycles. The second kappa shape index (κ2) is 5.30. The Morgan fingerprint density at radius 2 is 2.15 bits per heavy atom. The summed E-state index contributed by atoms with van der Waals surface area (Å²) in [6.45, 7) is 0.167. The van der Waals surface area contributed by atoms with Crippen LogP contribution in [0.2, 0.25) is 5.15 Å². The molecule has 2 aromatic rings. The molecule has 0 bridgehead atoms. The van der Waals surface area contributed by atoms with Crippen molar-refractivity contribution < 1.29 is 4.39 Å². The first-order valence-corrected chi connectivity index (χ1v) is 7.43. The summed E-state index contributed by atoms with van der Waals surface area (Å²) in [5.74, 6) is 0.579. The highest BCUT2D eigenvalue weighted by Crippen LogP contribution is 2.39. The first-order chi connectivity index (χ1) is 9.54. The Balaban J connectivity index is 2.06. The number of hydrogen-bond acceptors (Lipinski definition) is 2. The van der Waals surface area contributed by atoms with Gasteiger partial charge in [0.2, 0.25) is 0 Å². The predicted molar refractivity (Wildman–Crippen MR) is 78.7 cm³/mol. The number of hydrogen-bond donors (Lipinski definition) is 0. The zero-order valence-electron chi connectivity index (χ0n) is 10.4. The zero-order chi connectivity index (χ0) is 14.3. The number of benzene rings is 1. The van der Waals surface area contributed by atoms with Gasteiger partial charge in [0.05, 0.1) is 6.54 Å². The van der Waals surface area contributed by atoms with Gasteiger partial charge in [-0.25, -0.2) is 9.37 Å². The second-order valence-corrected chi connectivity index (χ2v) is 6.17. The minimum atomic E-state index is -0.336. The summed E-state index contributed by atoms with van der Waals surface area (Å²) < 4.78 is 16.1. The highest BCUT2D eigenvalue weighted by molar-refractivity contribution is 9.10. The van der Waals surface area contributed by atoms with Crippen LogP contribution in [0.4, 0.5) is 4.39 Å². The summed E-state index contributed by atoms with van der Waals surface area (Å²) >= 11 is 9.16. The molecule has 20 heavy (non-hydrogen) atoms. The fourth-order valence-electron chi connectivity index (χ4n) is 2.14. The van der Waals surface area contributed by atoms with Gasteiger partial charge < -0.3 is 0 Å². The van der Waals surface area contributed by atoms with Crippen molar-refractivity contribution in [3.05, 3.63) is 61.5 Å². The maximum atomic E-state index is 13.8. The number of nitrogens with zero attached hydrogens (tertiary/aromatic N) is 2. The van der Waals surface area contributed by atoms with Crippen LogP contribution in [0.3, 0.4) is 0 Å². The minimum Gasteiger partial charge on any atom is -0.292 e. The van der Waals surface area contributed by atoms with Crippen LogP contribution in [0.25, 0.3) is 0 Å². The fraction of sp³-hybridized carbons (Fsp3) is 0.286. The second-order valence-electron chi connectivity index (χ2n) is 4.87.